The van der Waals surface area contributed by atoms with Gasteiger partial charge in [-0.25, -0.2) is 0 Å². The first-order valence-electron chi connectivity index (χ1n) is 6.28. The van der Waals surface area contributed by atoms with Crippen LogP contribution in [-0.4, -0.2) is 35.3 Å². The van der Waals surface area contributed by atoms with Crippen molar-refractivity contribution in [2.45, 2.75) is 33.7 Å². The Morgan fingerprint density at radius 1 is 1.35 bits per heavy atom. The molecule has 0 atom stereocenters. The van der Waals surface area contributed by atoms with Gasteiger partial charge in [0.1, 0.15) is 5.69 Å². The molecular weight excluding hydrogens is 216 g/mol. The van der Waals surface area contributed by atoms with Crippen molar-refractivity contribution >= 4 is 5.91 Å². The number of aromatic nitrogens is 2. The summed E-state index contributed by atoms with van der Waals surface area (Å²) in [5, 5.41) is 10.4. The van der Waals surface area contributed by atoms with Crippen molar-refractivity contribution in [3.8, 4) is 0 Å². The molecule has 0 aliphatic rings. The number of hydrogen-bond donors (Lipinski definition) is 2. The van der Waals surface area contributed by atoms with Crippen molar-refractivity contribution in [2.24, 2.45) is 0 Å². The Labute approximate surface area is 103 Å². The van der Waals surface area contributed by atoms with Crippen molar-refractivity contribution in [3.63, 3.8) is 0 Å². The number of likely N-dealkylation sites (N-methyl/N-ethyl adjacent to an activating group) is 1. The average molecular weight is 238 g/mol. The van der Waals surface area contributed by atoms with E-state index in [0.29, 0.717) is 12.2 Å². The van der Waals surface area contributed by atoms with Gasteiger partial charge in [0, 0.05) is 19.6 Å². The predicted octanol–water partition coefficient (Wildman–Crippen LogP) is 0.805. The van der Waals surface area contributed by atoms with Gasteiger partial charge in [-0.3, -0.25) is 9.48 Å². The van der Waals surface area contributed by atoms with Crippen LogP contribution in [0.2, 0.25) is 0 Å². The highest BCUT2D eigenvalue weighted by atomic mass is 16.2. The maximum absolute atomic E-state index is 11.9. The molecule has 0 aliphatic heterocycles. The fraction of sp³-hybridized carbons (Fsp3) is 0.667. The lowest BCUT2D eigenvalue weighted by Gasteiger charge is -2.06. The lowest BCUT2D eigenvalue weighted by atomic mass is 10.3. The molecular formula is C12H22N4O. The molecule has 1 aromatic rings. The third-order valence-electron chi connectivity index (χ3n) is 2.56. The van der Waals surface area contributed by atoms with E-state index in [1.165, 1.54) is 0 Å². The predicted molar refractivity (Wildman–Crippen MR) is 68.2 cm³/mol. The van der Waals surface area contributed by atoms with Gasteiger partial charge in [-0.05, 0) is 26.0 Å². The minimum atomic E-state index is -0.0445. The number of amides is 1. The average Bonchev–Trinajstić information content (AvgIpc) is 2.77. The van der Waals surface area contributed by atoms with E-state index in [0.717, 1.165) is 31.7 Å². The van der Waals surface area contributed by atoms with E-state index in [9.17, 15) is 4.79 Å². The molecule has 1 rings (SSSR count). The topological polar surface area (TPSA) is 58.9 Å². The Hall–Kier alpha value is -1.36. The second kappa shape index (κ2) is 7.06. The second-order valence-corrected chi connectivity index (χ2v) is 3.80. The summed E-state index contributed by atoms with van der Waals surface area (Å²) >= 11 is 0. The molecule has 0 radical (unpaired) electrons. The number of nitrogens with one attached hydrogen (secondary N) is 2. The normalized spacial score (nSPS) is 10.5. The Morgan fingerprint density at radius 3 is 2.71 bits per heavy atom. The molecule has 0 aliphatic carbocycles. The first-order valence-corrected chi connectivity index (χ1v) is 6.28. The van der Waals surface area contributed by atoms with Crippen LogP contribution in [0, 0.1) is 0 Å². The molecule has 5 nitrogen and oxygen atoms in total. The molecule has 5 heteroatoms. The Kier molecular flexibility index (Phi) is 5.69. The van der Waals surface area contributed by atoms with Crippen molar-refractivity contribution in [3.05, 3.63) is 17.5 Å². The van der Waals surface area contributed by atoms with E-state index in [1.54, 1.807) is 4.68 Å². The Morgan fingerprint density at radius 2 is 2.12 bits per heavy atom. The summed E-state index contributed by atoms with van der Waals surface area (Å²) in [6.07, 6.45) is 0.852. The number of carbonyl (C=O) groups is 1. The van der Waals surface area contributed by atoms with Gasteiger partial charge in [-0.1, -0.05) is 13.8 Å². The summed E-state index contributed by atoms with van der Waals surface area (Å²) in [6.45, 7) is 9.14. The number of nitrogens with zero attached hydrogens (tertiary/aromatic N) is 2. The SMILES string of the molecule is CCNCCNC(=O)c1cc(CC)nn1CC. The third-order valence-corrected chi connectivity index (χ3v) is 2.56. The maximum atomic E-state index is 11.9. The van der Waals surface area contributed by atoms with E-state index < -0.39 is 0 Å². The molecule has 0 spiro atoms. The highest BCUT2D eigenvalue weighted by Crippen LogP contribution is 2.05. The van der Waals surface area contributed by atoms with Crippen LogP contribution in [0.15, 0.2) is 6.07 Å². The molecule has 1 heterocycles. The standard InChI is InChI=1S/C12H22N4O/c1-4-10-9-11(16(6-3)15-10)12(17)14-8-7-13-5-2/h9,13H,4-8H2,1-3H3,(H,14,17). The van der Waals surface area contributed by atoms with Crippen LogP contribution in [0.4, 0.5) is 0 Å². The zero-order valence-electron chi connectivity index (χ0n) is 10.9. The van der Waals surface area contributed by atoms with E-state index >= 15 is 0 Å². The highest BCUT2D eigenvalue weighted by Gasteiger charge is 2.12. The van der Waals surface area contributed by atoms with Crippen LogP contribution < -0.4 is 10.6 Å². The lowest BCUT2D eigenvalue weighted by molar-refractivity contribution is 0.0943. The number of hydrogen-bond acceptors (Lipinski definition) is 3. The zero-order valence-corrected chi connectivity index (χ0v) is 10.9. The molecule has 0 aromatic carbocycles. The van der Waals surface area contributed by atoms with Crippen LogP contribution in [0.1, 0.15) is 37.0 Å². The van der Waals surface area contributed by atoms with Gasteiger partial charge in [0.2, 0.25) is 0 Å². The summed E-state index contributed by atoms with van der Waals surface area (Å²) < 4.78 is 1.75. The number of aryl methyl sites for hydroxylation is 2. The van der Waals surface area contributed by atoms with Crippen LogP contribution in [-0.2, 0) is 13.0 Å². The number of rotatable bonds is 7. The molecule has 0 saturated heterocycles. The molecule has 0 fully saturated rings. The van der Waals surface area contributed by atoms with Crippen LogP contribution in [0.25, 0.3) is 0 Å². The van der Waals surface area contributed by atoms with Crippen LogP contribution >= 0.6 is 0 Å². The quantitative estimate of drug-likeness (QED) is 0.691. The van der Waals surface area contributed by atoms with Gasteiger partial charge in [-0.15, -0.1) is 0 Å². The van der Waals surface area contributed by atoms with E-state index in [4.69, 9.17) is 0 Å². The van der Waals surface area contributed by atoms with Gasteiger partial charge in [-0.2, -0.15) is 5.10 Å². The zero-order chi connectivity index (χ0) is 12.7. The van der Waals surface area contributed by atoms with Gasteiger partial charge in [0.25, 0.3) is 5.91 Å². The largest absolute Gasteiger partial charge is 0.349 e. The molecule has 0 bridgehead atoms. The van der Waals surface area contributed by atoms with Gasteiger partial charge in [0.15, 0.2) is 0 Å². The first-order chi connectivity index (χ1) is 8.22. The summed E-state index contributed by atoms with van der Waals surface area (Å²) in [5.74, 6) is -0.0445. The van der Waals surface area contributed by atoms with Crippen LogP contribution in [0.5, 0.6) is 0 Å². The molecule has 1 amide bonds. The van der Waals surface area contributed by atoms with E-state index in [2.05, 4.69) is 15.7 Å². The molecule has 0 unspecified atom stereocenters. The molecule has 2 N–H and O–H groups in total. The first kappa shape index (κ1) is 13.7. The van der Waals surface area contributed by atoms with Gasteiger partial charge in [0.05, 0.1) is 5.69 Å². The van der Waals surface area contributed by atoms with Crippen LogP contribution in [0.3, 0.4) is 0 Å². The smallest absolute Gasteiger partial charge is 0.269 e. The minimum Gasteiger partial charge on any atom is -0.349 e. The van der Waals surface area contributed by atoms with Crippen molar-refractivity contribution in [1.82, 2.24) is 20.4 Å². The van der Waals surface area contributed by atoms with Gasteiger partial charge < -0.3 is 10.6 Å². The van der Waals surface area contributed by atoms with Crippen molar-refractivity contribution < 1.29 is 4.79 Å². The molecule has 0 saturated carbocycles. The summed E-state index contributed by atoms with van der Waals surface area (Å²) in [6, 6.07) is 1.87. The fourth-order valence-electron chi connectivity index (χ4n) is 1.60. The molecule has 96 valence electrons. The van der Waals surface area contributed by atoms with Crippen molar-refractivity contribution in [1.29, 1.82) is 0 Å². The number of carbonyl (C=O) groups excluding carboxylic acids is 1. The fourth-order valence-corrected chi connectivity index (χ4v) is 1.60. The van der Waals surface area contributed by atoms with Gasteiger partial charge >= 0.3 is 0 Å². The highest BCUT2D eigenvalue weighted by molar-refractivity contribution is 5.92. The maximum Gasteiger partial charge on any atom is 0.269 e. The molecule has 1 aromatic heterocycles. The second-order valence-electron chi connectivity index (χ2n) is 3.80. The minimum absolute atomic E-state index is 0.0445. The Balaban J connectivity index is 2.58. The summed E-state index contributed by atoms with van der Waals surface area (Å²) in [7, 11) is 0. The van der Waals surface area contributed by atoms with E-state index in [1.807, 2.05) is 26.8 Å². The van der Waals surface area contributed by atoms with E-state index in [-0.39, 0.29) is 5.91 Å². The lowest BCUT2D eigenvalue weighted by Crippen LogP contribution is -2.32. The third kappa shape index (κ3) is 3.85. The monoisotopic (exact) mass is 238 g/mol. The molecule has 17 heavy (non-hydrogen) atoms. The summed E-state index contributed by atoms with van der Waals surface area (Å²) in [4.78, 5) is 11.9. The summed E-state index contributed by atoms with van der Waals surface area (Å²) in [5.41, 5.74) is 1.62. The van der Waals surface area contributed by atoms with Crippen molar-refractivity contribution in [2.75, 3.05) is 19.6 Å². The Bertz CT molecular complexity index is 359.